The molecule has 3 N–H and O–H groups in total. The van der Waals surface area contributed by atoms with Crippen LogP contribution in [-0.4, -0.2) is 32.0 Å². The molecule has 1 heterocycles. The van der Waals surface area contributed by atoms with Crippen LogP contribution in [0.25, 0.3) is 0 Å². The van der Waals surface area contributed by atoms with Crippen molar-refractivity contribution in [2.45, 2.75) is 39.7 Å². The fourth-order valence-electron chi connectivity index (χ4n) is 1.50. The number of tetrazole rings is 1. The first-order chi connectivity index (χ1) is 8.70. The summed E-state index contributed by atoms with van der Waals surface area (Å²) in [7, 11) is 0. The minimum absolute atomic E-state index is 0.123. The summed E-state index contributed by atoms with van der Waals surface area (Å²) in [5, 5.41) is 13.7. The normalized spacial score (nSPS) is 13.1. The van der Waals surface area contributed by atoms with Crippen LogP contribution in [0, 0.1) is 12.3 Å². The third kappa shape index (κ3) is 4.65. The third-order valence-electron chi connectivity index (χ3n) is 2.30. The van der Waals surface area contributed by atoms with Crippen molar-refractivity contribution < 1.29 is 9.59 Å². The van der Waals surface area contributed by atoms with Gasteiger partial charge < -0.3 is 5.73 Å². The Morgan fingerprint density at radius 2 is 2.11 bits per heavy atom. The van der Waals surface area contributed by atoms with Gasteiger partial charge in [-0.1, -0.05) is 12.0 Å². The molecular weight excluding hydrogens is 248 g/mol. The van der Waals surface area contributed by atoms with Gasteiger partial charge in [-0.15, -0.1) is 0 Å². The van der Waals surface area contributed by atoms with E-state index in [4.69, 9.17) is 5.73 Å². The maximum absolute atomic E-state index is 11.8. The zero-order valence-corrected chi connectivity index (χ0v) is 11.5. The highest BCUT2D eigenvalue weighted by Crippen LogP contribution is 2.16. The van der Waals surface area contributed by atoms with E-state index in [1.54, 1.807) is 6.92 Å². The average molecular weight is 267 g/mol. The molecule has 1 aromatic rings. The second-order valence-electron chi connectivity index (χ2n) is 5.39. The average Bonchev–Trinajstić information content (AvgIpc) is 2.62. The second-order valence-corrected chi connectivity index (χ2v) is 5.39. The standard InChI is InChI=1S/C11H19N6O2/c1-7(5-8(12)18)6-9(19)13-10-14-15-16-17(10)11(2,3)4/h6-7H,5H2,1-4H3,(H2,12,18)(H,13,14,16,19)/t7-/m1/s1. The van der Waals surface area contributed by atoms with Gasteiger partial charge in [-0.3, -0.25) is 14.9 Å². The Morgan fingerprint density at radius 3 is 2.63 bits per heavy atom. The molecule has 0 aliphatic rings. The highest BCUT2D eigenvalue weighted by atomic mass is 16.2. The molecule has 0 saturated carbocycles. The van der Waals surface area contributed by atoms with Crippen molar-refractivity contribution >= 4 is 17.8 Å². The van der Waals surface area contributed by atoms with E-state index < -0.39 is 5.91 Å². The van der Waals surface area contributed by atoms with Gasteiger partial charge in [-0.25, -0.2) is 4.68 Å². The molecule has 8 nitrogen and oxygen atoms in total. The van der Waals surface area contributed by atoms with Gasteiger partial charge in [-0.2, -0.15) is 0 Å². The molecule has 0 spiro atoms. The van der Waals surface area contributed by atoms with Gasteiger partial charge in [0.25, 0.3) is 0 Å². The number of nitrogens with one attached hydrogen (secondary N) is 1. The maximum atomic E-state index is 11.8. The van der Waals surface area contributed by atoms with Gasteiger partial charge in [0.15, 0.2) is 0 Å². The lowest BCUT2D eigenvalue weighted by Crippen LogP contribution is -2.28. The van der Waals surface area contributed by atoms with Crippen LogP contribution in [0.1, 0.15) is 34.1 Å². The van der Waals surface area contributed by atoms with Gasteiger partial charge in [0.05, 0.1) is 12.0 Å². The smallest absolute Gasteiger partial charge is 0.250 e. The molecule has 19 heavy (non-hydrogen) atoms. The van der Waals surface area contributed by atoms with Crippen LogP contribution < -0.4 is 11.1 Å². The van der Waals surface area contributed by atoms with E-state index in [1.165, 1.54) is 11.1 Å². The summed E-state index contributed by atoms with van der Waals surface area (Å²) in [5.74, 6) is -0.790. The lowest BCUT2D eigenvalue weighted by atomic mass is 10.0. The molecule has 0 aliphatic carbocycles. The minimum Gasteiger partial charge on any atom is -0.370 e. The van der Waals surface area contributed by atoms with Crippen LogP contribution in [0.15, 0.2) is 0 Å². The topological polar surface area (TPSA) is 116 Å². The highest BCUT2D eigenvalue weighted by Gasteiger charge is 2.21. The second kappa shape index (κ2) is 5.77. The van der Waals surface area contributed by atoms with E-state index in [0.29, 0.717) is 0 Å². The number of primary amides is 1. The summed E-state index contributed by atoms with van der Waals surface area (Å²) in [4.78, 5) is 22.5. The molecule has 1 rings (SSSR count). The molecule has 0 saturated heterocycles. The zero-order chi connectivity index (χ0) is 14.6. The SMILES string of the molecule is C[C@@H]([CH]C(=O)Nc1nnnn1C(C)(C)C)CC(N)=O. The van der Waals surface area contributed by atoms with E-state index in [2.05, 4.69) is 20.8 Å². The lowest BCUT2D eigenvalue weighted by molar-refractivity contribution is -0.118. The predicted molar refractivity (Wildman–Crippen MR) is 68.7 cm³/mol. The van der Waals surface area contributed by atoms with Gasteiger partial charge in [-0.05, 0) is 37.1 Å². The summed E-state index contributed by atoms with van der Waals surface area (Å²) in [5.41, 5.74) is 4.72. The molecule has 0 bridgehead atoms. The van der Waals surface area contributed by atoms with Crippen molar-refractivity contribution in [1.82, 2.24) is 20.2 Å². The van der Waals surface area contributed by atoms with Crippen molar-refractivity contribution in [1.29, 1.82) is 0 Å². The number of anilines is 1. The van der Waals surface area contributed by atoms with E-state index >= 15 is 0 Å². The van der Waals surface area contributed by atoms with Crippen molar-refractivity contribution in [3.8, 4) is 0 Å². The van der Waals surface area contributed by atoms with Crippen molar-refractivity contribution in [3.05, 3.63) is 6.42 Å². The van der Waals surface area contributed by atoms with Crippen molar-refractivity contribution in [2.24, 2.45) is 11.7 Å². The quantitative estimate of drug-likeness (QED) is 0.783. The molecule has 105 valence electrons. The van der Waals surface area contributed by atoms with Crippen LogP contribution in [0.3, 0.4) is 0 Å². The first-order valence-electron chi connectivity index (χ1n) is 5.93. The summed E-state index contributed by atoms with van der Waals surface area (Å²) in [6.45, 7) is 7.48. The number of carbonyl (C=O) groups excluding carboxylic acids is 2. The number of amides is 2. The summed E-state index contributed by atoms with van der Waals surface area (Å²) in [6, 6.07) is 0. The molecular formula is C11H19N6O2. The Labute approximate surface area is 111 Å². The lowest BCUT2D eigenvalue weighted by Gasteiger charge is -2.19. The molecule has 0 aromatic carbocycles. The Kier molecular flexibility index (Phi) is 4.57. The van der Waals surface area contributed by atoms with Gasteiger partial charge >= 0.3 is 0 Å². The van der Waals surface area contributed by atoms with E-state index in [0.717, 1.165) is 0 Å². The number of aromatic nitrogens is 4. The number of carbonyl (C=O) groups is 2. The zero-order valence-electron chi connectivity index (χ0n) is 11.5. The first-order valence-corrected chi connectivity index (χ1v) is 5.93. The Bertz CT molecular complexity index is 462. The first kappa shape index (κ1) is 15.1. The molecule has 1 radical (unpaired) electrons. The third-order valence-corrected chi connectivity index (χ3v) is 2.30. The summed E-state index contributed by atoms with van der Waals surface area (Å²) < 4.78 is 1.51. The number of nitrogens with zero attached hydrogens (tertiary/aromatic N) is 4. The Balaban J connectivity index is 2.63. The minimum atomic E-state index is -0.448. The molecule has 0 unspecified atom stereocenters. The van der Waals surface area contributed by atoms with Crippen LogP contribution in [0.2, 0.25) is 0 Å². The Hall–Kier alpha value is -1.99. The molecule has 1 atom stereocenters. The Morgan fingerprint density at radius 1 is 1.47 bits per heavy atom. The number of hydrogen-bond acceptors (Lipinski definition) is 5. The van der Waals surface area contributed by atoms with Gasteiger partial charge in [0.2, 0.25) is 17.8 Å². The van der Waals surface area contributed by atoms with Gasteiger partial charge in [0, 0.05) is 6.42 Å². The van der Waals surface area contributed by atoms with Crippen LogP contribution in [-0.2, 0) is 15.1 Å². The van der Waals surface area contributed by atoms with E-state index in [9.17, 15) is 9.59 Å². The molecule has 0 aliphatic heterocycles. The van der Waals surface area contributed by atoms with Crippen molar-refractivity contribution in [3.63, 3.8) is 0 Å². The largest absolute Gasteiger partial charge is 0.370 e. The molecule has 1 aromatic heterocycles. The predicted octanol–water partition coefficient (Wildman–Crippen LogP) is 0.0824. The van der Waals surface area contributed by atoms with Crippen LogP contribution in [0.5, 0.6) is 0 Å². The van der Waals surface area contributed by atoms with Crippen molar-refractivity contribution in [2.75, 3.05) is 5.32 Å². The van der Waals surface area contributed by atoms with E-state index in [-0.39, 0.29) is 29.7 Å². The van der Waals surface area contributed by atoms with Gasteiger partial charge in [0.1, 0.15) is 0 Å². The van der Waals surface area contributed by atoms with Crippen LogP contribution in [0.4, 0.5) is 5.95 Å². The monoisotopic (exact) mass is 267 g/mol. The number of hydrogen-bond donors (Lipinski definition) is 2. The molecule has 2 amide bonds. The molecule has 8 heteroatoms. The fourth-order valence-corrected chi connectivity index (χ4v) is 1.50. The molecule has 0 fully saturated rings. The van der Waals surface area contributed by atoms with Crippen LogP contribution >= 0.6 is 0 Å². The summed E-state index contributed by atoms with van der Waals surface area (Å²) in [6.07, 6.45) is 1.50. The fraction of sp³-hybridized carbons (Fsp3) is 0.636. The van der Waals surface area contributed by atoms with E-state index in [1.807, 2.05) is 20.8 Å². The number of rotatable bonds is 5. The summed E-state index contributed by atoms with van der Waals surface area (Å²) >= 11 is 0. The number of nitrogens with two attached hydrogens (primary N) is 1. The highest BCUT2D eigenvalue weighted by molar-refractivity contribution is 5.96. The maximum Gasteiger partial charge on any atom is 0.250 e.